The number of halogens is 2. The third-order valence-electron chi connectivity index (χ3n) is 3.93. The van der Waals surface area contributed by atoms with Gasteiger partial charge in [-0.25, -0.2) is 14.4 Å². The molecule has 2 aromatic carbocycles. The molecule has 0 fully saturated rings. The van der Waals surface area contributed by atoms with Gasteiger partial charge in [0.25, 0.3) is 5.88 Å². The van der Waals surface area contributed by atoms with Crippen LogP contribution >= 0.6 is 11.6 Å². The van der Waals surface area contributed by atoms with E-state index in [9.17, 15) is 9.18 Å². The number of nitrogen functional groups attached to an aromatic ring is 1. The molecule has 138 valence electrons. The third kappa shape index (κ3) is 4.15. The number of ether oxygens (including phenoxy) is 1. The second-order valence-corrected chi connectivity index (χ2v) is 6.23. The Hall–Kier alpha value is -3.19. The lowest BCUT2D eigenvalue weighted by atomic mass is 10.1. The molecule has 6 nitrogen and oxygen atoms in total. The van der Waals surface area contributed by atoms with Gasteiger partial charge in [-0.3, -0.25) is 4.79 Å². The molecule has 0 saturated carbocycles. The lowest BCUT2D eigenvalue weighted by Gasteiger charge is -2.16. The van der Waals surface area contributed by atoms with Gasteiger partial charge in [0.1, 0.15) is 11.9 Å². The first-order valence-electron chi connectivity index (χ1n) is 7.99. The number of carbonyl (C=O) groups is 1. The first-order chi connectivity index (χ1) is 12.8. The van der Waals surface area contributed by atoms with Crippen molar-refractivity contribution in [3.05, 3.63) is 70.6 Å². The lowest BCUT2D eigenvalue weighted by molar-refractivity contribution is 0.100. The molecule has 0 spiro atoms. The van der Waals surface area contributed by atoms with E-state index in [-0.39, 0.29) is 16.7 Å². The topological polar surface area (TPSA) is 104 Å². The monoisotopic (exact) mass is 386 g/mol. The van der Waals surface area contributed by atoms with Crippen molar-refractivity contribution >= 4 is 23.3 Å². The van der Waals surface area contributed by atoms with E-state index in [1.807, 2.05) is 0 Å². The highest BCUT2D eigenvalue weighted by atomic mass is 35.5. The van der Waals surface area contributed by atoms with E-state index < -0.39 is 17.8 Å². The van der Waals surface area contributed by atoms with Gasteiger partial charge in [-0.2, -0.15) is 0 Å². The Morgan fingerprint density at radius 3 is 2.56 bits per heavy atom. The highest BCUT2D eigenvalue weighted by Crippen LogP contribution is 2.28. The number of aromatic nitrogens is 2. The van der Waals surface area contributed by atoms with E-state index in [0.717, 1.165) is 0 Å². The summed E-state index contributed by atoms with van der Waals surface area (Å²) < 4.78 is 19.4. The number of hydrogen-bond donors (Lipinski definition) is 2. The third-order valence-corrected chi connectivity index (χ3v) is 4.24. The molecule has 4 N–H and O–H groups in total. The number of anilines is 1. The fraction of sp³-hybridized carbons (Fsp3) is 0.105. The SMILES string of the molecule is CC(Oc1nc(-c2ccc(C(N)=O)cc2)cnc1N)c1ccc(Cl)c(F)c1. The van der Waals surface area contributed by atoms with Crippen molar-refractivity contribution in [1.29, 1.82) is 0 Å². The number of benzene rings is 2. The van der Waals surface area contributed by atoms with E-state index in [1.54, 1.807) is 37.3 Å². The van der Waals surface area contributed by atoms with E-state index >= 15 is 0 Å². The van der Waals surface area contributed by atoms with Crippen LogP contribution in [-0.4, -0.2) is 15.9 Å². The van der Waals surface area contributed by atoms with E-state index in [2.05, 4.69) is 9.97 Å². The summed E-state index contributed by atoms with van der Waals surface area (Å²) in [7, 11) is 0. The van der Waals surface area contributed by atoms with Crippen molar-refractivity contribution in [1.82, 2.24) is 9.97 Å². The van der Waals surface area contributed by atoms with Gasteiger partial charge < -0.3 is 16.2 Å². The van der Waals surface area contributed by atoms with Gasteiger partial charge in [-0.1, -0.05) is 29.8 Å². The van der Waals surface area contributed by atoms with Crippen LogP contribution in [0.1, 0.15) is 28.9 Å². The maximum Gasteiger partial charge on any atom is 0.258 e. The van der Waals surface area contributed by atoms with Crippen molar-refractivity contribution in [2.45, 2.75) is 13.0 Å². The first-order valence-corrected chi connectivity index (χ1v) is 8.37. The van der Waals surface area contributed by atoms with Crippen LogP contribution in [0.3, 0.4) is 0 Å². The molecule has 1 atom stereocenters. The Balaban J connectivity index is 1.86. The summed E-state index contributed by atoms with van der Waals surface area (Å²) in [5.74, 6) is -0.826. The predicted octanol–water partition coefficient (Wildman–Crippen LogP) is 3.76. The van der Waals surface area contributed by atoms with Gasteiger partial charge in [0.2, 0.25) is 5.91 Å². The van der Waals surface area contributed by atoms with E-state index in [4.69, 9.17) is 27.8 Å². The molecular formula is C19H16ClFN4O2. The number of amides is 1. The van der Waals surface area contributed by atoms with Crippen molar-refractivity contribution in [3.8, 4) is 17.1 Å². The van der Waals surface area contributed by atoms with Gasteiger partial charge in [0.05, 0.1) is 16.9 Å². The largest absolute Gasteiger partial charge is 0.467 e. The second kappa shape index (κ2) is 7.59. The first kappa shape index (κ1) is 18.6. The van der Waals surface area contributed by atoms with Gasteiger partial charge in [-0.15, -0.1) is 0 Å². The minimum absolute atomic E-state index is 0.0339. The van der Waals surface area contributed by atoms with Crippen LogP contribution in [0.5, 0.6) is 5.88 Å². The Morgan fingerprint density at radius 1 is 1.22 bits per heavy atom. The summed E-state index contributed by atoms with van der Waals surface area (Å²) in [6.07, 6.45) is 0.967. The molecule has 0 aliphatic carbocycles. The van der Waals surface area contributed by atoms with Gasteiger partial charge >= 0.3 is 0 Å². The maximum atomic E-state index is 13.7. The lowest BCUT2D eigenvalue weighted by Crippen LogP contribution is -2.10. The number of primary amides is 1. The summed E-state index contributed by atoms with van der Waals surface area (Å²) in [6, 6.07) is 11.0. The van der Waals surface area contributed by atoms with Crippen molar-refractivity contribution in [3.63, 3.8) is 0 Å². The number of carbonyl (C=O) groups excluding carboxylic acids is 1. The zero-order chi connectivity index (χ0) is 19.6. The quantitative estimate of drug-likeness (QED) is 0.694. The molecule has 1 amide bonds. The Morgan fingerprint density at radius 2 is 1.93 bits per heavy atom. The molecular weight excluding hydrogens is 371 g/mol. The highest BCUT2D eigenvalue weighted by molar-refractivity contribution is 6.30. The molecule has 0 bridgehead atoms. The number of nitrogens with zero attached hydrogens (tertiary/aromatic N) is 2. The van der Waals surface area contributed by atoms with Crippen LogP contribution in [0.2, 0.25) is 5.02 Å². The van der Waals surface area contributed by atoms with Gasteiger partial charge in [-0.05, 0) is 36.8 Å². The van der Waals surface area contributed by atoms with Crippen molar-refractivity contribution < 1.29 is 13.9 Å². The van der Waals surface area contributed by atoms with Crippen molar-refractivity contribution in [2.24, 2.45) is 5.73 Å². The molecule has 27 heavy (non-hydrogen) atoms. The average molecular weight is 387 g/mol. The Kier molecular flexibility index (Phi) is 5.23. The molecule has 0 aliphatic rings. The molecule has 8 heteroatoms. The Bertz CT molecular complexity index is 995. The molecule has 3 aromatic rings. The summed E-state index contributed by atoms with van der Waals surface area (Å²) in [6.45, 7) is 1.73. The molecule has 1 aromatic heterocycles. The summed E-state index contributed by atoms with van der Waals surface area (Å²) >= 11 is 5.70. The molecule has 3 rings (SSSR count). The fourth-order valence-electron chi connectivity index (χ4n) is 2.41. The normalized spacial score (nSPS) is 11.8. The van der Waals surface area contributed by atoms with Crippen LogP contribution in [0.4, 0.5) is 10.2 Å². The van der Waals surface area contributed by atoms with Crippen LogP contribution in [-0.2, 0) is 0 Å². The molecule has 0 saturated heterocycles. The molecule has 0 aliphatic heterocycles. The highest BCUT2D eigenvalue weighted by Gasteiger charge is 2.15. The number of hydrogen-bond acceptors (Lipinski definition) is 5. The van der Waals surface area contributed by atoms with Gasteiger partial charge in [0, 0.05) is 11.1 Å². The zero-order valence-electron chi connectivity index (χ0n) is 14.3. The summed E-state index contributed by atoms with van der Waals surface area (Å²) in [5.41, 5.74) is 13.3. The minimum Gasteiger partial charge on any atom is -0.467 e. The molecule has 1 unspecified atom stereocenters. The minimum atomic E-state index is -0.535. The van der Waals surface area contributed by atoms with E-state index in [0.29, 0.717) is 22.4 Å². The van der Waals surface area contributed by atoms with Crippen LogP contribution < -0.4 is 16.2 Å². The van der Waals surface area contributed by atoms with Crippen LogP contribution in [0, 0.1) is 5.82 Å². The molecule has 1 heterocycles. The number of rotatable bonds is 5. The summed E-state index contributed by atoms with van der Waals surface area (Å²) in [4.78, 5) is 19.6. The Labute approximate surface area is 160 Å². The standard InChI is InChI=1S/C19H16ClFN4O2/c1-10(13-6-7-14(20)15(21)8-13)27-19-17(22)24-9-16(25-19)11-2-4-12(5-3-11)18(23)26/h2-10H,1H3,(H2,22,24)(H2,23,26). The average Bonchev–Trinajstić information content (AvgIpc) is 2.65. The summed E-state index contributed by atoms with van der Waals surface area (Å²) in [5, 5.41) is 0.0339. The molecule has 0 radical (unpaired) electrons. The predicted molar refractivity (Wildman–Crippen MR) is 101 cm³/mol. The van der Waals surface area contributed by atoms with Crippen molar-refractivity contribution in [2.75, 3.05) is 5.73 Å². The maximum absolute atomic E-state index is 13.7. The van der Waals surface area contributed by atoms with Crippen LogP contribution in [0.25, 0.3) is 11.3 Å². The number of nitrogens with two attached hydrogens (primary N) is 2. The second-order valence-electron chi connectivity index (χ2n) is 5.82. The van der Waals surface area contributed by atoms with Crippen LogP contribution in [0.15, 0.2) is 48.7 Å². The van der Waals surface area contributed by atoms with E-state index in [1.165, 1.54) is 18.3 Å². The fourth-order valence-corrected chi connectivity index (χ4v) is 2.53. The van der Waals surface area contributed by atoms with Gasteiger partial charge in [0.15, 0.2) is 5.82 Å². The zero-order valence-corrected chi connectivity index (χ0v) is 15.1. The smallest absolute Gasteiger partial charge is 0.258 e.